The summed E-state index contributed by atoms with van der Waals surface area (Å²) in [4.78, 5) is 0. The molecular formula is C6H2F13N. The molecule has 1 nitrogen and oxygen atoms in total. The summed E-state index contributed by atoms with van der Waals surface area (Å²) in [5.74, 6) is -15.4. The second-order valence-electron chi connectivity index (χ2n) is 3.43. The largest absolute Gasteiger partial charge is 0.438 e. The molecule has 0 unspecified atom stereocenters. The molecule has 14 heteroatoms. The van der Waals surface area contributed by atoms with Crippen LogP contribution in [-0.4, -0.2) is 35.9 Å². The van der Waals surface area contributed by atoms with Gasteiger partial charge in [-0.1, -0.05) is 0 Å². The summed E-state index contributed by atoms with van der Waals surface area (Å²) in [7, 11) is 0. The van der Waals surface area contributed by atoms with E-state index in [-0.39, 0.29) is 0 Å². The van der Waals surface area contributed by atoms with Crippen molar-refractivity contribution in [1.29, 1.82) is 0 Å². The van der Waals surface area contributed by atoms with Gasteiger partial charge in [-0.05, 0) is 0 Å². The van der Waals surface area contributed by atoms with Crippen LogP contribution in [0.2, 0.25) is 0 Å². The number of hydrogen-bond acceptors (Lipinski definition) is 1. The van der Waals surface area contributed by atoms with Crippen molar-refractivity contribution in [2.24, 2.45) is 5.73 Å². The highest BCUT2D eigenvalue weighted by molar-refractivity contribution is 5.13. The van der Waals surface area contributed by atoms with Gasteiger partial charge in [0.15, 0.2) is 0 Å². The van der Waals surface area contributed by atoms with Gasteiger partial charge in [-0.3, -0.25) is 5.73 Å². The molecule has 0 aliphatic rings. The molecule has 2 N–H and O–H groups in total. The van der Waals surface area contributed by atoms with E-state index in [1.54, 1.807) is 0 Å². The highest BCUT2D eigenvalue weighted by Crippen LogP contribution is 2.61. The second-order valence-corrected chi connectivity index (χ2v) is 3.43. The first-order valence-electron chi connectivity index (χ1n) is 4.00. The Morgan fingerprint density at radius 1 is 0.450 bits per heavy atom. The lowest BCUT2D eigenvalue weighted by Crippen LogP contribution is -2.74. The average Bonchev–Trinajstić information content (AvgIpc) is 2.10. The fourth-order valence-electron chi connectivity index (χ4n) is 0.942. The maximum absolute atomic E-state index is 12.7. The number of halogens is 13. The van der Waals surface area contributed by atoms with Crippen LogP contribution in [0.4, 0.5) is 57.1 Å². The van der Waals surface area contributed by atoms with Gasteiger partial charge < -0.3 is 0 Å². The summed E-state index contributed by atoms with van der Waals surface area (Å²) in [6.07, 6.45) is -15.3. The van der Waals surface area contributed by atoms with E-state index in [9.17, 15) is 57.1 Å². The van der Waals surface area contributed by atoms with Crippen LogP contribution >= 0.6 is 0 Å². The number of alkyl halides is 13. The first-order valence-corrected chi connectivity index (χ1v) is 4.00. The third-order valence-electron chi connectivity index (χ3n) is 2.03. The maximum Gasteiger partial charge on any atom is 0.438 e. The number of nitrogens with two attached hydrogens (primary N) is 1. The molecule has 0 atom stereocenters. The lowest BCUT2D eigenvalue weighted by atomic mass is 9.89. The molecule has 122 valence electrons. The first-order chi connectivity index (χ1) is 8.25. The van der Waals surface area contributed by atoms with E-state index in [4.69, 9.17) is 0 Å². The van der Waals surface area contributed by atoms with Crippen molar-refractivity contribution >= 4 is 0 Å². The molecular weight excluding hydrogens is 333 g/mol. The van der Waals surface area contributed by atoms with Crippen molar-refractivity contribution in [3.63, 3.8) is 0 Å². The van der Waals surface area contributed by atoms with Gasteiger partial charge in [0.05, 0.1) is 0 Å². The van der Waals surface area contributed by atoms with Gasteiger partial charge in [-0.15, -0.1) is 0 Å². The quantitative estimate of drug-likeness (QED) is 0.619. The van der Waals surface area contributed by atoms with Crippen molar-refractivity contribution in [2.75, 3.05) is 0 Å². The molecule has 0 fully saturated rings. The Hall–Kier alpha value is -0.950. The fraction of sp³-hybridized carbons (Fsp3) is 1.00. The minimum Gasteiger partial charge on any atom is -0.267 e. The molecule has 0 aromatic rings. The second kappa shape index (κ2) is 4.27. The van der Waals surface area contributed by atoms with Crippen molar-refractivity contribution in [1.82, 2.24) is 0 Å². The molecule has 0 aliphatic heterocycles. The maximum atomic E-state index is 12.7. The molecule has 0 spiro atoms. The standard InChI is InChI=1S/C6H2F13N/c7-1(4(12,13)14,5(15,16)17)2(8,9)3(10,11)6(18,19)20/h20H2. The highest BCUT2D eigenvalue weighted by atomic mass is 19.4. The van der Waals surface area contributed by atoms with Crippen molar-refractivity contribution in [3.05, 3.63) is 0 Å². The van der Waals surface area contributed by atoms with E-state index in [1.807, 2.05) is 0 Å². The van der Waals surface area contributed by atoms with Crippen LogP contribution in [-0.2, 0) is 0 Å². The molecule has 20 heavy (non-hydrogen) atoms. The molecule has 0 aromatic carbocycles. The predicted molar refractivity (Wildman–Crippen MR) is 35.0 cm³/mol. The normalized spacial score (nSPS) is 16.5. The molecule has 0 saturated carbocycles. The Kier molecular flexibility index (Phi) is 4.07. The Labute approximate surface area is 100 Å². The SMILES string of the molecule is NC(F)(F)C(F)(F)C(F)(F)C(F)(C(F)(F)F)C(F)(F)F. The summed E-state index contributed by atoms with van der Waals surface area (Å²) in [6.45, 7) is 0. The lowest BCUT2D eigenvalue weighted by molar-refractivity contribution is -0.444. The number of hydrogen-bond donors (Lipinski definition) is 1. The van der Waals surface area contributed by atoms with Gasteiger partial charge in [0, 0.05) is 0 Å². The zero-order valence-corrected chi connectivity index (χ0v) is 8.49. The topological polar surface area (TPSA) is 26.0 Å². The van der Waals surface area contributed by atoms with E-state index in [0.717, 1.165) is 0 Å². The van der Waals surface area contributed by atoms with E-state index in [0.29, 0.717) is 0 Å². The Balaban J connectivity index is 6.38. The van der Waals surface area contributed by atoms with Crippen molar-refractivity contribution in [2.45, 2.75) is 35.9 Å². The van der Waals surface area contributed by atoms with Gasteiger partial charge in [-0.25, -0.2) is 4.39 Å². The Bertz CT molecular complexity index is 343. The Morgan fingerprint density at radius 3 is 0.850 bits per heavy atom. The first kappa shape index (κ1) is 19.1. The summed E-state index contributed by atoms with van der Waals surface area (Å²) < 4.78 is 158. The summed E-state index contributed by atoms with van der Waals surface area (Å²) in [5, 5.41) is 0. The third kappa shape index (κ3) is 2.26. The third-order valence-corrected chi connectivity index (χ3v) is 2.03. The van der Waals surface area contributed by atoms with E-state index < -0.39 is 35.9 Å². The van der Waals surface area contributed by atoms with Crippen LogP contribution in [0.1, 0.15) is 0 Å². The molecule has 0 saturated heterocycles. The van der Waals surface area contributed by atoms with Crippen LogP contribution in [0.5, 0.6) is 0 Å². The molecule has 0 aromatic heterocycles. The highest BCUT2D eigenvalue weighted by Gasteiger charge is 2.93. The zero-order chi connectivity index (χ0) is 17.0. The van der Waals surface area contributed by atoms with Crippen LogP contribution in [0.25, 0.3) is 0 Å². The molecule has 0 amide bonds. The molecule has 0 rings (SSSR count). The summed E-state index contributed by atoms with van der Waals surface area (Å²) in [5.41, 5.74) is -4.81. The average molecular weight is 335 g/mol. The van der Waals surface area contributed by atoms with Crippen LogP contribution in [0.15, 0.2) is 0 Å². The van der Waals surface area contributed by atoms with Crippen LogP contribution < -0.4 is 5.73 Å². The smallest absolute Gasteiger partial charge is 0.267 e. The minimum atomic E-state index is -7.93. The Morgan fingerprint density at radius 2 is 0.700 bits per heavy atom. The minimum absolute atomic E-state index is 3.12. The van der Waals surface area contributed by atoms with Crippen molar-refractivity contribution < 1.29 is 57.1 Å². The summed E-state index contributed by atoms with van der Waals surface area (Å²) in [6, 6.07) is -6.55. The van der Waals surface area contributed by atoms with Gasteiger partial charge in [0.25, 0.3) is 0 Å². The van der Waals surface area contributed by atoms with Gasteiger partial charge >= 0.3 is 35.9 Å². The fourth-order valence-corrected chi connectivity index (χ4v) is 0.942. The molecule has 0 bridgehead atoms. The molecule has 0 heterocycles. The van der Waals surface area contributed by atoms with Gasteiger partial charge in [0.2, 0.25) is 0 Å². The zero-order valence-electron chi connectivity index (χ0n) is 8.49. The predicted octanol–water partition coefficient (Wildman–Crippen LogP) is 3.64. The molecule has 0 radical (unpaired) electrons. The van der Waals surface area contributed by atoms with Gasteiger partial charge in [0.1, 0.15) is 0 Å². The van der Waals surface area contributed by atoms with Crippen LogP contribution in [0.3, 0.4) is 0 Å². The summed E-state index contributed by atoms with van der Waals surface area (Å²) >= 11 is 0. The lowest BCUT2D eigenvalue weighted by Gasteiger charge is -2.40. The molecule has 0 aliphatic carbocycles. The van der Waals surface area contributed by atoms with E-state index >= 15 is 0 Å². The van der Waals surface area contributed by atoms with Crippen LogP contribution in [0, 0.1) is 0 Å². The van der Waals surface area contributed by atoms with E-state index in [2.05, 4.69) is 5.73 Å². The van der Waals surface area contributed by atoms with Gasteiger partial charge in [-0.2, -0.15) is 52.7 Å². The van der Waals surface area contributed by atoms with E-state index in [1.165, 1.54) is 0 Å². The monoisotopic (exact) mass is 335 g/mol. The van der Waals surface area contributed by atoms with Crippen molar-refractivity contribution in [3.8, 4) is 0 Å². The number of rotatable bonds is 3.